The molecule has 3 aromatic carbocycles. The number of nitrogens with two attached hydrogens (primary N) is 1. The third kappa shape index (κ3) is 3.94. The van der Waals surface area contributed by atoms with Gasteiger partial charge >= 0.3 is 0 Å². The van der Waals surface area contributed by atoms with E-state index in [1.54, 1.807) is 12.3 Å². The monoisotopic (exact) mass is 548 g/mol. The first-order chi connectivity index (χ1) is 19.9. The van der Waals surface area contributed by atoms with Crippen molar-refractivity contribution in [2.75, 3.05) is 31.2 Å². The van der Waals surface area contributed by atoms with E-state index in [1.807, 2.05) is 31.2 Å². The number of nitrogens with one attached hydrogen (secondary N) is 1. The van der Waals surface area contributed by atoms with Crippen molar-refractivity contribution >= 4 is 44.3 Å². The van der Waals surface area contributed by atoms with Gasteiger partial charge in [-0.15, -0.1) is 0 Å². The fourth-order valence-electron chi connectivity index (χ4n) is 5.77. The summed E-state index contributed by atoms with van der Waals surface area (Å²) in [6, 6.07) is 16.1. The Morgan fingerprint density at radius 3 is 2.63 bits per heavy atom. The molecule has 9 nitrogen and oxygen atoms in total. The molecule has 4 heterocycles. The van der Waals surface area contributed by atoms with Crippen molar-refractivity contribution < 1.29 is 13.9 Å². The van der Waals surface area contributed by atoms with Crippen molar-refractivity contribution in [2.24, 2.45) is 5.73 Å². The Morgan fingerprint density at radius 2 is 1.83 bits per heavy atom. The van der Waals surface area contributed by atoms with Gasteiger partial charge in [-0.05, 0) is 48.4 Å². The van der Waals surface area contributed by atoms with Gasteiger partial charge in [-0.3, -0.25) is 14.2 Å². The molecule has 6 aromatic rings. The van der Waals surface area contributed by atoms with E-state index in [4.69, 9.17) is 10.5 Å². The average molecular weight is 549 g/mol. The van der Waals surface area contributed by atoms with Gasteiger partial charge in [-0.2, -0.15) is 0 Å². The molecule has 0 atom stereocenters. The largest absolute Gasteiger partial charge is 0.378 e. The quantitative estimate of drug-likeness (QED) is 0.336. The van der Waals surface area contributed by atoms with Crippen LogP contribution in [0.2, 0.25) is 0 Å². The molecule has 1 saturated heterocycles. The molecule has 0 spiro atoms. The Bertz CT molecular complexity index is 2080. The molecule has 7 rings (SSSR count). The summed E-state index contributed by atoms with van der Waals surface area (Å²) >= 11 is 0. The molecule has 41 heavy (non-hydrogen) atoms. The maximum atomic E-state index is 14.3. The van der Waals surface area contributed by atoms with Crippen LogP contribution >= 0.6 is 0 Å². The van der Waals surface area contributed by atoms with E-state index < -0.39 is 11.7 Å². The van der Waals surface area contributed by atoms with Crippen LogP contribution in [0, 0.1) is 12.7 Å². The number of aromatic amines is 1. The Kier molecular flexibility index (Phi) is 5.79. The standard InChI is InChI=1S/C31H25FN6O3/c1-17-19(4-3-7-25(17)38-16-35-27-21(31(38)40)5-2-6-23(27)32)22-15-34-29(30(33)39)28-26(22)20-9-8-18(14-24(20)36-28)37-10-12-41-13-11-37/h2-9,14-16,36H,10-13H2,1H3,(H2,33,39). The number of para-hydroxylation sites is 1. The summed E-state index contributed by atoms with van der Waals surface area (Å²) in [4.78, 5) is 40.1. The van der Waals surface area contributed by atoms with E-state index in [9.17, 15) is 14.0 Å². The number of morpholine rings is 1. The Labute approximate surface area is 233 Å². The number of anilines is 1. The van der Waals surface area contributed by atoms with Gasteiger partial charge in [-0.1, -0.05) is 24.3 Å². The van der Waals surface area contributed by atoms with Crippen LogP contribution in [0.4, 0.5) is 10.1 Å². The molecular weight excluding hydrogens is 523 g/mol. The van der Waals surface area contributed by atoms with Crippen molar-refractivity contribution in [3.05, 3.63) is 94.5 Å². The zero-order chi connectivity index (χ0) is 28.2. The highest BCUT2D eigenvalue weighted by molar-refractivity contribution is 6.19. The van der Waals surface area contributed by atoms with Gasteiger partial charge in [0.15, 0.2) is 5.69 Å². The maximum Gasteiger partial charge on any atom is 0.269 e. The van der Waals surface area contributed by atoms with Crippen molar-refractivity contribution in [3.8, 4) is 16.8 Å². The number of fused-ring (bicyclic) bond motifs is 4. The molecule has 1 fully saturated rings. The predicted molar refractivity (Wildman–Crippen MR) is 156 cm³/mol. The number of rotatable bonds is 4. The first-order valence-electron chi connectivity index (χ1n) is 13.3. The first-order valence-corrected chi connectivity index (χ1v) is 13.3. The third-order valence-electron chi connectivity index (χ3n) is 7.81. The fourth-order valence-corrected chi connectivity index (χ4v) is 5.77. The minimum Gasteiger partial charge on any atom is -0.378 e. The number of benzene rings is 3. The Morgan fingerprint density at radius 1 is 1.02 bits per heavy atom. The second-order valence-electron chi connectivity index (χ2n) is 10.1. The highest BCUT2D eigenvalue weighted by Crippen LogP contribution is 2.39. The van der Waals surface area contributed by atoms with Crippen molar-refractivity contribution in [1.29, 1.82) is 0 Å². The minimum atomic E-state index is -0.631. The van der Waals surface area contributed by atoms with Crippen molar-refractivity contribution in [3.63, 3.8) is 0 Å². The third-order valence-corrected chi connectivity index (χ3v) is 7.81. The number of carbonyl (C=O) groups excluding carboxylic acids is 1. The Balaban J connectivity index is 1.44. The van der Waals surface area contributed by atoms with E-state index in [0.29, 0.717) is 24.4 Å². The molecule has 1 aliphatic rings. The average Bonchev–Trinajstić information content (AvgIpc) is 3.37. The van der Waals surface area contributed by atoms with Crippen LogP contribution in [0.25, 0.3) is 49.5 Å². The smallest absolute Gasteiger partial charge is 0.269 e. The van der Waals surface area contributed by atoms with Gasteiger partial charge in [-0.25, -0.2) is 14.4 Å². The van der Waals surface area contributed by atoms with Gasteiger partial charge in [0.05, 0.1) is 29.8 Å². The molecule has 1 amide bonds. The van der Waals surface area contributed by atoms with Crippen molar-refractivity contribution in [1.82, 2.24) is 19.5 Å². The number of nitrogens with zero attached hydrogens (tertiary/aromatic N) is 4. The Hall–Kier alpha value is -5.09. The number of pyridine rings is 1. The van der Waals surface area contributed by atoms with Crippen LogP contribution in [0.15, 0.2) is 71.9 Å². The zero-order valence-corrected chi connectivity index (χ0v) is 22.1. The van der Waals surface area contributed by atoms with Crippen LogP contribution in [-0.4, -0.2) is 51.7 Å². The van der Waals surface area contributed by atoms with Crippen LogP contribution in [-0.2, 0) is 4.74 Å². The van der Waals surface area contributed by atoms with E-state index >= 15 is 0 Å². The van der Waals surface area contributed by atoms with Gasteiger partial charge in [0.1, 0.15) is 17.7 Å². The van der Waals surface area contributed by atoms with Gasteiger partial charge in [0.25, 0.3) is 11.5 Å². The summed E-state index contributed by atoms with van der Waals surface area (Å²) in [5.74, 6) is -1.18. The normalized spacial score (nSPS) is 13.9. The second-order valence-corrected chi connectivity index (χ2v) is 10.1. The topological polar surface area (TPSA) is 119 Å². The molecule has 0 unspecified atom stereocenters. The van der Waals surface area contributed by atoms with Crippen LogP contribution in [0.3, 0.4) is 0 Å². The lowest BCUT2D eigenvalue weighted by molar-refractivity contribution is 0.0997. The van der Waals surface area contributed by atoms with Crippen LogP contribution in [0.1, 0.15) is 16.1 Å². The summed E-state index contributed by atoms with van der Waals surface area (Å²) in [6.07, 6.45) is 3.00. The lowest BCUT2D eigenvalue weighted by atomic mass is 9.95. The van der Waals surface area contributed by atoms with Gasteiger partial charge in [0.2, 0.25) is 0 Å². The molecule has 0 radical (unpaired) electrons. The second kappa shape index (κ2) is 9.53. The number of primary amides is 1. The minimum absolute atomic E-state index is 0.0331. The predicted octanol–water partition coefficient (Wildman–Crippen LogP) is 4.47. The molecule has 0 bridgehead atoms. The van der Waals surface area contributed by atoms with E-state index in [2.05, 4.69) is 32.0 Å². The van der Waals surface area contributed by atoms with Gasteiger partial charge in [0, 0.05) is 46.8 Å². The van der Waals surface area contributed by atoms with E-state index in [0.717, 1.165) is 51.8 Å². The maximum absolute atomic E-state index is 14.3. The number of carbonyl (C=O) groups is 1. The van der Waals surface area contributed by atoms with Crippen molar-refractivity contribution in [2.45, 2.75) is 6.92 Å². The number of aromatic nitrogens is 4. The molecular formula is C31H25FN6O3. The highest BCUT2D eigenvalue weighted by Gasteiger charge is 2.21. The molecule has 1 aliphatic heterocycles. The number of amides is 1. The lowest BCUT2D eigenvalue weighted by Crippen LogP contribution is -2.36. The number of H-pyrrole nitrogens is 1. The first kappa shape index (κ1) is 24.9. The summed E-state index contributed by atoms with van der Waals surface area (Å²) in [5.41, 5.74) is 11.0. The summed E-state index contributed by atoms with van der Waals surface area (Å²) in [7, 11) is 0. The fraction of sp³-hybridized carbons (Fsp3) is 0.161. The summed E-state index contributed by atoms with van der Waals surface area (Å²) in [6.45, 7) is 4.85. The number of hydrogen-bond acceptors (Lipinski definition) is 6. The van der Waals surface area contributed by atoms with Crippen LogP contribution < -0.4 is 16.2 Å². The molecule has 204 valence electrons. The summed E-state index contributed by atoms with van der Waals surface area (Å²) < 4.78 is 21.2. The highest BCUT2D eigenvalue weighted by atomic mass is 19.1. The van der Waals surface area contributed by atoms with Crippen LogP contribution in [0.5, 0.6) is 0 Å². The summed E-state index contributed by atoms with van der Waals surface area (Å²) in [5, 5.41) is 1.92. The number of halogens is 1. The molecule has 3 N–H and O–H groups in total. The number of ether oxygens (including phenoxy) is 1. The number of hydrogen-bond donors (Lipinski definition) is 2. The van der Waals surface area contributed by atoms with E-state index in [1.165, 1.54) is 23.0 Å². The zero-order valence-electron chi connectivity index (χ0n) is 22.1. The molecule has 10 heteroatoms. The van der Waals surface area contributed by atoms with Gasteiger partial charge < -0.3 is 20.4 Å². The molecule has 0 saturated carbocycles. The van der Waals surface area contributed by atoms with E-state index in [-0.39, 0.29) is 22.2 Å². The SMILES string of the molecule is Cc1c(-c2cnc(C(N)=O)c3[nH]c4cc(N5CCOCC5)ccc4c23)cccc1-n1cnc2c(F)cccc2c1=O. The lowest BCUT2D eigenvalue weighted by Gasteiger charge is -2.28. The molecule has 3 aromatic heterocycles. The molecule has 0 aliphatic carbocycles.